The number of benzene rings is 2. The Morgan fingerprint density at radius 3 is 2.55 bits per heavy atom. The van der Waals surface area contributed by atoms with E-state index in [0.717, 1.165) is 12.8 Å². The number of rotatable bonds is 7. The number of halogens is 1. The molecule has 1 saturated carbocycles. The van der Waals surface area contributed by atoms with Crippen LogP contribution in [0.1, 0.15) is 41.6 Å². The lowest BCUT2D eigenvalue weighted by Gasteiger charge is -2.26. The van der Waals surface area contributed by atoms with Gasteiger partial charge in [-0.05, 0) is 67.5 Å². The predicted molar refractivity (Wildman–Crippen MR) is 117 cm³/mol. The summed E-state index contributed by atoms with van der Waals surface area (Å²) >= 11 is 0. The second-order valence-electron chi connectivity index (χ2n) is 8.30. The van der Waals surface area contributed by atoms with E-state index in [4.69, 9.17) is 14.6 Å². The molecule has 1 fully saturated rings. The molecule has 0 saturated heterocycles. The normalized spacial score (nSPS) is 20.8. The van der Waals surface area contributed by atoms with Crippen molar-refractivity contribution < 1.29 is 33.4 Å². The molecule has 2 aromatic carbocycles. The minimum absolute atomic E-state index is 0.129. The summed E-state index contributed by atoms with van der Waals surface area (Å²) < 4.78 is 24.3. The number of ether oxygens (including phenoxy) is 2. The van der Waals surface area contributed by atoms with Crippen LogP contribution in [-0.4, -0.2) is 35.9 Å². The van der Waals surface area contributed by atoms with Crippen molar-refractivity contribution in [2.75, 3.05) is 13.2 Å². The monoisotopic (exact) mass is 453 g/mol. The van der Waals surface area contributed by atoms with Gasteiger partial charge in [0.25, 0.3) is 5.91 Å². The molecule has 8 heteroatoms. The maximum Gasteiger partial charge on any atom is 0.306 e. The molecule has 0 radical (unpaired) electrons. The van der Waals surface area contributed by atoms with E-state index in [1.54, 1.807) is 36.4 Å². The van der Waals surface area contributed by atoms with Gasteiger partial charge in [-0.15, -0.1) is 0 Å². The summed E-state index contributed by atoms with van der Waals surface area (Å²) in [5.41, 5.74) is 1.02. The van der Waals surface area contributed by atoms with Crippen LogP contribution in [0, 0.1) is 17.7 Å². The quantitative estimate of drug-likeness (QED) is 0.618. The second-order valence-corrected chi connectivity index (χ2v) is 8.30. The van der Waals surface area contributed by atoms with Crippen LogP contribution in [-0.2, 0) is 9.59 Å². The van der Waals surface area contributed by atoms with Crippen molar-refractivity contribution in [1.82, 2.24) is 5.32 Å². The first-order valence-electron chi connectivity index (χ1n) is 10.8. The van der Waals surface area contributed by atoms with Crippen molar-refractivity contribution in [1.29, 1.82) is 0 Å². The first kappa shape index (κ1) is 22.5. The molecule has 1 aliphatic heterocycles. The van der Waals surface area contributed by atoms with E-state index in [1.165, 1.54) is 12.1 Å². The first-order valence-corrected chi connectivity index (χ1v) is 10.8. The van der Waals surface area contributed by atoms with Crippen molar-refractivity contribution in [2.24, 2.45) is 11.8 Å². The highest BCUT2D eigenvalue weighted by molar-refractivity contribution is 6.14. The van der Waals surface area contributed by atoms with Gasteiger partial charge in [0.15, 0.2) is 12.4 Å². The molecule has 1 amide bonds. The van der Waals surface area contributed by atoms with Crippen molar-refractivity contribution in [2.45, 2.75) is 25.7 Å². The standard InChI is InChI=1S/C25H24FNO6/c26-18-7-3-15(4-8-18)11-22-24(29)20-10-9-19(12-21(20)33-22)32-14-23(28)27-13-16-1-5-17(6-2-16)25(30)31/h3-4,7-12,16-17H,1-2,5-6,13-14H2,(H,27,28)(H,30,31). The van der Waals surface area contributed by atoms with E-state index in [9.17, 15) is 18.8 Å². The molecular formula is C25H24FNO6. The number of nitrogens with one attached hydrogen (secondary N) is 1. The van der Waals surface area contributed by atoms with E-state index in [-0.39, 0.29) is 41.7 Å². The Labute approximate surface area is 190 Å². The lowest BCUT2D eigenvalue weighted by molar-refractivity contribution is -0.143. The van der Waals surface area contributed by atoms with E-state index in [1.807, 2.05) is 0 Å². The van der Waals surface area contributed by atoms with Crippen molar-refractivity contribution in [3.63, 3.8) is 0 Å². The number of amides is 1. The summed E-state index contributed by atoms with van der Waals surface area (Å²) in [5.74, 6) is -0.816. The van der Waals surface area contributed by atoms with Crippen LogP contribution in [0.25, 0.3) is 6.08 Å². The number of carbonyl (C=O) groups excluding carboxylic acids is 2. The molecule has 0 aromatic heterocycles. The molecule has 172 valence electrons. The minimum Gasteiger partial charge on any atom is -0.484 e. The fourth-order valence-electron chi connectivity index (χ4n) is 4.04. The molecule has 1 heterocycles. The second kappa shape index (κ2) is 9.85. The van der Waals surface area contributed by atoms with Crippen LogP contribution in [0.15, 0.2) is 48.2 Å². The molecule has 7 nitrogen and oxygen atoms in total. The zero-order valence-corrected chi connectivity index (χ0v) is 17.9. The summed E-state index contributed by atoms with van der Waals surface area (Å²) in [7, 11) is 0. The molecule has 1 aliphatic carbocycles. The van der Waals surface area contributed by atoms with E-state index >= 15 is 0 Å². The Morgan fingerprint density at radius 1 is 1.12 bits per heavy atom. The molecule has 0 bridgehead atoms. The summed E-state index contributed by atoms with van der Waals surface area (Å²) in [6.45, 7) is 0.309. The first-order chi connectivity index (χ1) is 15.9. The maximum absolute atomic E-state index is 13.1. The van der Waals surface area contributed by atoms with Gasteiger partial charge in [0.05, 0.1) is 11.5 Å². The Hall–Kier alpha value is -3.68. The maximum atomic E-state index is 13.1. The Morgan fingerprint density at radius 2 is 1.85 bits per heavy atom. The number of carboxylic acid groups (broad SMARTS) is 1. The minimum atomic E-state index is -0.746. The molecule has 0 spiro atoms. The fraction of sp³-hybridized carbons (Fsp3) is 0.320. The van der Waals surface area contributed by atoms with Crippen LogP contribution in [0.4, 0.5) is 4.39 Å². The number of Topliss-reactive ketones (excluding diaryl/α,β-unsaturated/α-hetero) is 1. The average Bonchev–Trinajstić information content (AvgIpc) is 3.12. The summed E-state index contributed by atoms with van der Waals surface area (Å²) in [4.78, 5) is 35.7. The SMILES string of the molecule is O=C(COc1ccc2c(c1)OC(=Cc1ccc(F)cc1)C2=O)NCC1CCC(C(=O)O)CC1. The number of fused-ring (bicyclic) bond motifs is 1. The highest BCUT2D eigenvalue weighted by Crippen LogP contribution is 2.35. The number of aliphatic carboxylic acids is 1. The topological polar surface area (TPSA) is 102 Å². The molecule has 2 aliphatic rings. The molecule has 33 heavy (non-hydrogen) atoms. The van der Waals surface area contributed by atoms with Crippen LogP contribution in [0.2, 0.25) is 0 Å². The van der Waals surface area contributed by atoms with Crippen molar-refractivity contribution in [3.8, 4) is 11.5 Å². The highest BCUT2D eigenvalue weighted by atomic mass is 19.1. The fourth-order valence-corrected chi connectivity index (χ4v) is 4.04. The lowest BCUT2D eigenvalue weighted by atomic mass is 9.82. The molecule has 0 unspecified atom stereocenters. The zero-order valence-electron chi connectivity index (χ0n) is 17.9. The number of carboxylic acids is 1. The molecular weight excluding hydrogens is 429 g/mol. The Bertz CT molecular complexity index is 1090. The van der Waals surface area contributed by atoms with Gasteiger partial charge >= 0.3 is 5.97 Å². The van der Waals surface area contributed by atoms with Crippen LogP contribution in [0.5, 0.6) is 11.5 Å². The zero-order chi connectivity index (χ0) is 23.4. The van der Waals surface area contributed by atoms with Crippen LogP contribution in [0.3, 0.4) is 0 Å². The third-order valence-electron chi connectivity index (χ3n) is 5.96. The molecule has 4 rings (SSSR count). The van der Waals surface area contributed by atoms with E-state index in [0.29, 0.717) is 42.0 Å². The number of ketones is 1. The average molecular weight is 453 g/mol. The smallest absolute Gasteiger partial charge is 0.306 e. The van der Waals surface area contributed by atoms with Gasteiger partial charge in [0.1, 0.15) is 17.3 Å². The summed E-state index contributed by atoms with van der Waals surface area (Å²) in [5, 5.41) is 11.9. The van der Waals surface area contributed by atoms with E-state index < -0.39 is 5.97 Å². The molecule has 2 aromatic rings. The largest absolute Gasteiger partial charge is 0.484 e. The van der Waals surface area contributed by atoms with Gasteiger partial charge in [-0.25, -0.2) is 4.39 Å². The van der Waals surface area contributed by atoms with Gasteiger partial charge in [-0.2, -0.15) is 0 Å². The van der Waals surface area contributed by atoms with Gasteiger partial charge in [-0.1, -0.05) is 12.1 Å². The van der Waals surface area contributed by atoms with Gasteiger partial charge in [0, 0.05) is 12.6 Å². The lowest BCUT2D eigenvalue weighted by Crippen LogP contribution is -2.35. The predicted octanol–water partition coefficient (Wildman–Crippen LogP) is 3.83. The van der Waals surface area contributed by atoms with E-state index in [2.05, 4.69) is 5.32 Å². The number of hydrogen-bond acceptors (Lipinski definition) is 5. The Balaban J connectivity index is 1.27. The van der Waals surface area contributed by atoms with Crippen LogP contribution >= 0.6 is 0 Å². The molecule has 0 atom stereocenters. The van der Waals surface area contributed by atoms with Gasteiger partial charge in [-0.3, -0.25) is 14.4 Å². The third-order valence-corrected chi connectivity index (χ3v) is 5.96. The number of allylic oxidation sites excluding steroid dienone is 1. The molecule has 2 N–H and O–H groups in total. The number of carbonyl (C=O) groups is 3. The van der Waals surface area contributed by atoms with Crippen molar-refractivity contribution in [3.05, 3.63) is 65.2 Å². The van der Waals surface area contributed by atoms with Crippen molar-refractivity contribution >= 4 is 23.7 Å². The number of hydrogen-bond donors (Lipinski definition) is 2. The van der Waals surface area contributed by atoms with Gasteiger partial charge in [0.2, 0.25) is 5.78 Å². The summed E-state index contributed by atoms with van der Waals surface area (Å²) in [6.07, 6.45) is 4.37. The highest BCUT2D eigenvalue weighted by Gasteiger charge is 2.28. The third kappa shape index (κ3) is 5.58. The van der Waals surface area contributed by atoms with Crippen LogP contribution < -0.4 is 14.8 Å². The van der Waals surface area contributed by atoms with Gasteiger partial charge < -0.3 is 19.9 Å². The summed E-state index contributed by atoms with van der Waals surface area (Å²) in [6, 6.07) is 10.4. The Kier molecular flexibility index (Phi) is 6.72.